The van der Waals surface area contributed by atoms with Gasteiger partial charge in [0.2, 0.25) is 0 Å². The Balaban J connectivity index is 2.15. The van der Waals surface area contributed by atoms with Gasteiger partial charge in [-0.25, -0.2) is 4.79 Å². The summed E-state index contributed by atoms with van der Waals surface area (Å²) in [5.74, 6) is -0.0448. The topological polar surface area (TPSA) is 61.4 Å². The van der Waals surface area contributed by atoms with Crippen molar-refractivity contribution in [2.24, 2.45) is 5.92 Å². The quantitative estimate of drug-likeness (QED) is 0.689. The van der Waals surface area contributed by atoms with Crippen LogP contribution in [0.1, 0.15) is 19.3 Å². The van der Waals surface area contributed by atoms with Gasteiger partial charge in [-0.3, -0.25) is 0 Å². The van der Waals surface area contributed by atoms with Crippen LogP contribution in [-0.2, 0) is 0 Å². The number of hydrogen-bond donors (Lipinski definition) is 3. The van der Waals surface area contributed by atoms with Gasteiger partial charge in [-0.05, 0) is 12.8 Å². The van der Waals surface area contributed by atoms with Crippen molar-refractivity contribution in [1.82, 2.24) is 10.6 Å². The highest BCUT2D eigenvalue weighted by Crippen LogP contribution is 2.24. The molecular weight excluding hydrogens is 225 g/mol. The SMILES string of the molecule is O=C(NCC1CCCC1O)NCC(F)(F)F. The molecule has 0 spiro atoms. The zero-order valence-electron chi connectivity index (χ0n) is 8.68. The average Bonchev–Trinajstić information content (AvgIpc) is 2.57. The van der Waals surface area contributed by atoms with Crippen LogP contribution < -0.4 is 10.6 Å². The van der Waals surface area contributed by atoms with Crippen molar-refractivity contribution >= 4 is 6.03 Å². The minimum Gasteiger partial charge on any atom is -0.393 e. The summed E-state index contributed by atoms with van der Waals surface area (Å²) in [6.45, 7) is -1.13. The molecule has 4 nitrogen and oxygen atoms in total. The molecule has 1 fully saturated rings. The third-order valence-corrected chi connectivity index (χ3v) is 2.59. The molecule has 1 aliphatic rings. The van der Waals surface area contributed by atoms with Crippen LogP contribution in [0.15, 0.2) is 0 Å². The molecule has 2 atom stereocenters. The first-order valence-electron chi connectivity index (χ1n) is 5.15. The summed E-state index contributed by atoms with van der Waals surface area (Å²) in [4.78, 5) is 10.9. The van der Waals surface area contributed by atoms with E-state index in [2.05, 4.69) is 5.32 Å². The lowest BCUT2D eigenvalue weighted by Crippen LogP contribution is -2.43. The maximum absolute atomic E-state index is 11.7. The standard InChI is InChI=1S/C9H15F3N2O2/c10-9(11,12)5-14-8(16)13-4-6-2-1-3-7(6)15/h6-7,15H,1-5H2,(H2,13,14,16). The molecule has 0 aromatic heterocycles. The summed E-state index contributed by atoms with van der Waals surface area (Å²) in [5, 5.41) is 13.4. The van der Waals surface area contributed by atoms with E-state index in [4.69, 9.17) is 0 Å². The number of rotatable bonds is 3. The number of aliphatic hydroxyl groups excluding tert-OH is 1. The van der Waals surface area contributed by atoms with Crippen molar-refractivity contribution < 1.29 is 23.1 Å². The van der Waals surface area contributed by atoms with Crippen molar-refractivity contribution in [2.75, 3.05) is 13.1 Å². The second-order valence-electron chi connectivity index (χ2n) is 3.94. The molecule has 3 N–H and O–H groups in total. The van der Waals surface area contributed by atoms with Crippen LogP contribution in [0, 0.1) is 5.92 Å². The van der Waals surface area contributed by atoms with Crippen LogP contribution in [0.25, 0.3) is 0 Å². The highest BCUT2D eigenvalue weighted by atomic mass is 19.4. The fourth-order valence-electron chi connectivity index (χ4n) is 1.72. The van der Waals surface area contributed by atoms with Gasteiger partial charge in [-0.2, -0.15) is 13.2 Å². The number of hydrogen-bond acceptors (Lipinski definition) is 2. The molecule has 0 aromatic carbocycles. The smallest absolute Gasteiger partial charge is 0.393 e. The van der Waals surface area contributed by atoms with Gasteiger partial charge in [-0.1, -0.05) is 6.42 Å². The molecule has 0 radical (unpaired) electrons. The van der Waals surface area contributed by atoms with Crippen LogP contribution in [0.5, 0.6) is 0 Å². The third kappa shape index (κ3) is 4.69. The number of halogens is 3. The first-order valence-corrected chi connectivity index (χ1v) is 5.15. The molecule has 0 heterocycles. The summed E-state index contributed by atoms with van der Waals surface area (Å²) in [5.41, 5.74) is 0. The van der Waals surface area contributed by atoms with E-state index in [0.29, 0.717) is 6.42 Å². The summed E-state index contributed by atoms with van der Waals surface area (Å²) in [6, 6.07) is -0.851. The van der Waals surface area contributed by atoms with Crippen LogP contribution in [0.3, 0.4) is 0 Å². The predicted molar refractivity (Wildman–Crippen MR) is 50.8 cm³/mol. The number of carbonyl (C=O) groups is 1. The van der Waals surface area contributed by atoms with Gasteiger partial charge in [0, 0.05) is 12.5 Å². The van der Waals surface area contributed by atoms with Crippen molar-refractivity contribution in [1.29, 1.82) is 0 Å². The molecule has 1 rings (SSSR count). The molecule has 16 heavy (non-hydrogen) atoms. The fourth-order valence-corrected chi connectivity index (χ4v) is 1.72. The molecule has 0 bridgehead atoms. The van der Waals surface area contributed by atoms with Gasteiger partial charge in [0.05, 0.1) is 6.10 Å². The minimum atomic E-state index is -4.40. The second kappa shape index (κ2) is 5.38. The van der Waals surface area contributed by atoms with Crippen molar-refractivity contribution in [3.05, 3.63) is 0 Å². The molecule has 1 saturated carbocycles. The summed E-state index contributed by atoms with van der Waals surface area (Å²) in [7, 11) is 0. The lowest BCUT2D eigenvalue weighted by Gasteiger charge is -2.15. The molecular formula is C9H15F3N2O2. The Morgan fingerprint density at radius 3 is 2.50 bits per heavy atom. The molecule has 1 aliphatic carbocycles. The van der Waals surface area contributed by atoms with Crippen molar-refractivity contribution in [2.45, 2.75) is 31.5 Å². The number of urea groups is 1. The van der Waals surface area contributed by atoms with Crippen LogP contribution in [-0.4, -0.2) is 36.5 Å². The van der Waals surface area contributed by atoms with E-state index in [1.807, 2.05) is 0 Å². The van der Waals surface area contributed by atoms with E-state index in [9.17, 15) is 23.1 Å². The van der Waals surface area contributed by atoms with Gasteiger partial charge in [0.25, 0.3) is 0 Å². The van der Waals surface area contributed by atoms with Gasteiger partial charge in [0.1, 0.15) is 6.54 Å². The number of amides is 2. The zero-order valence-corrected chi connectivity index (χ0v) is 8.68. The van der Waals surface area contributed by atoms with E-state index < -0.39 is 24.9 Å². The van der Waals surface area contributed by atoms with E-state index >= 15 is 0 Å². The Labute approximate surface area is 91.2 Å². The normalized spacial score (nSPS) is 25.5. The Morgan fingerprint density at radius 1 is 1.31 bits per heavy atom. The van der Waals surface area contributed by atoms with Crippen LogP contribution >= 0.6 is 0 Å². The zero-order chi connectivity index (χ0) is 12.2. The van der Waals surface area contributed by atoms with Crippen LogP contribution in [0.2, 0.25) is 0 Å². The lowest BCUT2D eigenvalue weighted by atomic mass is 10.1. The van der Waals surface area contributed by atoms with E-state index in [0.717, 1.165) is 12.8 Å². The summed E-state index contributed by atoms with van der Waals surface area (Å²) < 4.78 is 35.2. The molecule has 94 valence electrons. The largest absolute Gasteiger partial charge is 0.405 e. The van der Waals surface area contributed by atoms with Gasteiger partial charge in [-0.15, -0.1) is 0 Å². The van der Waals surface area contributed by atoms with Crippen molar-refractivity contribution in [3.8, 4) is 0 Å². The van der Waals surface area contributed by atoms with E-state index in [1.165, 1.54) is 0 Å². The highest BCUT2D eigenvalue weighted by Gasteiger charge is 2.28. The number of nitrogens with one attached hydrogen (secondary N) is 2. The molecule has 2 unspecified atom stereocenters. The van der Waals surface area contributed by atoms with Crippen LogP contribution in [0.4, 0.5) is 18.0 Å². The van der Waals surface area contributed by atoms with E-state index in [-0.39, 0.29) is 12.5 Å². The fraction of sp³-hybridized carbons (Fsp3) is 0.889. The molecule has 7 heteroatoms. The minimum absolute atomic E-state index is 0.0448. The Bertz CT molecular complexity index is 245. The van der Waals surface area contributed by atoms with E-state index in [1.54, 1.807) is 5.32 Å². The maximum atomic E-state index is 11.7. The Morgan fingerprint density at radius 2 is 2.00 bits per heavy atom. The van der Waals surface area contributed by atoms with Gasteiger partial charge in [0.15, 0.2) is 0 Å². The summed E-state index contributed by atoms with van der Waals surface area (Å²) >= 11 is 0. The second-order valence-corrected chi connectivity index (χ2v) is 3.94. The Hall–Kier alpha value is -0.980. The molecule has 0 aliphatic heterocycles. The van der Waals surface area contributed by atoms with Crippen molar-refractivity contribution in [3.63, 3.8) is 0 Å². The predicted octanol–water partition coefficient (Wildman–Crippen LogP) is 1.01. The number of aliphatic hydroxyl groups is 1. The molecule has 0 aromatic rings. The highest BCUT2D eigenvalue weighted by molar-refractivity contribution is 5.73. The molecule has 2 amide bonds. The van der Waals surface area contributed by atoms with Gasteiger partial charge >= 0.3 is 12.2 Å². The van der Waals surface area contributed by atoms with Gasteiger partial charge < -0.3 is 15.7 Å². The number of carbonyl (C=O) groups excluding carboxylic acids is 1. The first-order chi connectivity index (χ1) is 7.38. The average molecular weight is 240 g/mol. The maximum Gasteiger partial charge on any atom is 0.405 e. The molecule has 0 saturated heterocycles. The first kappa shape index (κ1) is 13.1. The summed E-state index contributed by atoms with van der Waals surface area (Å²) in [6.07, 6.45) is -2.48. The lowest BCUT2D eigenvalue weighted by molar-refractivity contribution is -0.122. The monoisotopic (exact) mass is 240 g/mol. The Kier molecular flexibility index (Phi) is 4.40. The number of alkyl halides is 3. The third-order valence-electron chi connectivity index (χ3n) is 2.59.